The van der Waals surface area contributed by atoms with Gasteiger partial charge in [0.15, 0.2) is 5.82 Å². The molecule has 2 aliphatic carbocycles. The third-order valence-electron chi connectivity index (χ3n) is 10.3. The highest BCUT2D eigenvalue weighted by atomic mass is 16.5. The Hall–Kier alpha value is -4.92. The molecule has 45 heavy (non-hydrogen) atoms. The zero-order chi connectivity index (χ0) is 30.4. The number of nitrogens with zero attached hydrogens (tertiary/aromatic N) is 5. The van der Waals surface area contributed by atoms with E-state index in [-0.39, 0.29) is 11.5 Å². The Kier molecular flexibility index (Phi) is 5.76. The van der Waals surface area contributed by atoms with Gasteiger partial charge in [-0.25, -0.2) is 9.97 Å². The zero-order valence-corrected chi connectivity index (χ0v) is 25.4. The molecule has 1 saturated heterocycles. The van der Waals surface area contributed by atoms with Crippen molar-refractivity contribution in [3.63, 3.8) is 0 Å². The van der Waals surface area contributed by atoms with Crippen LogP contribution in [0.25, 0.3) is 55.6 Å². The molecule has 3 aromatic carbocycles. The van der Waals surface area contributed by atoms with Crippen LogP contribution in [0.3, 0.4) is 0 Å². The number of amides is 1. The number of H-pyrrole nitrogens is 1. The predicted molar refractivity (Wildman–Crippen MR) is 174 cm³/mol. The van der Waals surface area contributed by atoms with Gasteiger partial charge in [-0.05, 0) is 91.5 Å². The number of rotatable bonds is 6. The van der Waals surface area contributed by atoms with Crippen molar-refractivity contribution >= 4 is 38.9 Å². The van der Waals surface area contributed by atoms with E-state index in [1.54, 1.807) is 7.11 Å². The number of aromatic amines is 1. The highest BCUT2D eigenvalue weighted by molar-refractivity contribution is 6.00. The van der Waals surface area contributed by atoms with Crippen molar-refractivity contribution in [2.24, 2.45) is 18.9 Å². The molecule has 3 aliphatic rings. The van der Waals surface area contributed by atoms with E-state index in [0.29, 0.717) is 29.2 Å². The molecule has 4 heterocycles. The smallest absolute Gasteiger partial charge is 0.266 e. The van der Waals surface area contributed by atoms with Crippen LogP contribution in [0.5, 0.6) is 5.75 Å². The number of carbonyl (C=O) groups excluding carboxylic acids is 1. The molecule has 9 rings (SSSR count). The van der Waals surface area contributed by atoms with Crippen LogP contribution >= 0.6 is 0 Å². The quantitative estimate of drug-likeness (QED) is 0.248. The molecule has 2 atom stereocenters. The number of nitrogens with one attached hydrogen (secondary N) is 1. The fourth-order valence-corrected chi connectivity index (χ4v) is 7.75. The number of benzene rings is 3. The molecule has 1 amide bonds. The van der Waals surface area contributed by atoms with Crippen molar-refractivity contribution in [2.75, 3.05) is 13.7 Å². The van der Waals surface area contributed by atoms with E-state index in [1.165, 1.54) is 25.5 Å². The maximum Gasteiger partial charge on any atom is 0.266 e. The van der Waals surface area contributed by atoms with Crippen LogP contribution in [0.1, 0.15) is 42.5 Å². The van der Waals surface area contributed by atoms with E-state index in [4.69, 9.17) is 9.72 Å². The molecule has 0 radical (unpaired) electrons. The Morgan fingerprint density at radius 1 is 1.00 bits per heavy atom. The summed E-state index contributed by atoms with van der Waals surface area (Å²) in [6.45, 7) is 1.78. The minimum absolute atomic E-state index is 0.0835. The van der Waals surface area contributed by atoms with Crippen LogP contribution in [0.2, 0.25) is 0 Å². The van der Waals surface area contributed by atoms with E-state index in [9.17, 15) is 9.59 Å². The summed E-state index contributed by atoms with van der Waals surface area (Å²) in [5, 5.41) is 1.15. The average Bonchev–Trinajstić information content (AvgIpc) is 3.34. The van der Waals surface area contributed by atoms with Gasteiger partial charge in [0.1, 0.15) is 11.3 Å². The zero-order valence-electron chi connectivity index (χ0n) is 25.4. The second-order valence-corrected chi connectivity index (χ2v) is 13.2. The summed E-state index contributed by atoms with van der Waals surface area (Å²) < 4.78 is 10.4. The van der Waals surface area contributed by atoms with Crippen molar-refractivity contribution in [3.8, 4) is 28.4 Å². The van der Waals surface area contributed by atoms with Gasteiger partial charge in [0.05, 0.1) is 35.6 Å². The van der Waals surface area contributed by atoms with E-state index >= 15 is 0 Å². The summed E-state index contributed by atoms with van der Waals surface area (Å²) in [5.41, 5.74) is 7.91. The molecule has 3 aromatic heterocycles. The lowest BCUT2D eigenvalue weighted by molar-refractivity contribution is 0.0703. The minimum Gasteiger partial charge on any atom is -0.494 e. The molecular weight excluding hydrogens is 564 g/mol. The van der Waals surface area contributed by atoms with Crippen molar-refractivity contribution in [3.05, 3.63) is 76.7 Å². The summed E-state index contributed by atoms with van der Waals surface area (Å²) in [6, 6.07) is 19.0. The molecule has 2 bridgehead atoms. The van der Waals surface area contributed by atoms with Gasteiger partial charge in [-0.3, -0.25) is 9.59 Å². The van der Waals surface area contributed by atoms with Crippen molar-refractivity contribution in [1.29, 1.82) is 0 Å². The number of hydrogen-bond acceptors (Lipinski definition) is 5. The lowest BCUT2D eigenvalue weighted by Gasteiger charge is -2.27. The topological polar surface area (TPSA) is 98.0 Å². The fourth-order valence-electron chi connectivity index (χ4n) is 7.75. The van der Waals surface area contributed by atoms with Crippen LogP contribution in [-0.2, 0) is 13.6 Å². The normalized spacial score (nSPS) is 19.4. The first-order valence-corrected chi connectivity index (χ1v) is 15.9. The lowest BCUT2D eigenvalue weighted by atomic mass is 10.0. The highest BCUT2D eigenvalue weighted by Crippen LogP contribution is 2.41. The highest BCUT2D eigenvalue weighted by Gasteiger charge is 2.40. The molecule has 226 valence electrons. The first-order valence-electron chi connectivity index (χ1n) is 15.9. The van der Waals surface area contributed by atoms with Crippen molar-refractivity contribution in [1.82, 2.24) is 29.0 Å². The number of fused-ring (bicyclic) bond motifs is 5. The van der Waals surface area contributed by atoms with E-state index in [2.05, 4.69) is 48.3 Å². The molecule has 6 aromatic rings. The summed E-state index contributed by atoms with van der Waals surface area (Å²) in [6.07, 6.45) is 7.25. The molecule has 0 spiro atoms. The predicted octanol–water partition coefficient (Wildman–Crippen LogP) is 6.14. The maximum absolute atomic E-state index is 13.7. The molecular formula is C36H34N6O3. The number of methoxy groups -OCH3 is 1. The summed E-state index contributed by atoms with van der Waals surface area (Å²) >= 11 is 0. The molecule has 2 saturated carbocycles. The molecule has 9 heteroatoms. The Morgan fingerprint density at radius 3 is 2.62 bits per heavy atom. The standard InChI is InChI=1S/C36H34N6O3/c1-40-34-29(13-25(16-32(34)45-2)36(44)41-19-21-5-9-26(41)11-21)39-35(40)31-15-24-7-6-23(14-30(24)42(31)18-20-3-4-20)22-8-10-27-28(12-22)37-17-33(43)38-27/h6-8,10,12-17,20-21,26H,3-5,9,11,18-19H2,1-2H3,(H,38,43). The monoisotopic (exact) mass is 598 g/mol. The number of ether oxygens (including phenoxy) is 1. The van der Waals surface area contributed by atoms with E-state index in [1.807, 2.05) is 37.4 Å². The fraction of sp³-hybridized carbons (Fsp3) is 0.333. The molecule has 1 aliphatic heterocycles. The van der Waals surface area contributed by atoms with Gasteiger partial charge < -0.3 is 23.8 Å². The van der Waals surface area contributed by atoms with Gasteiger partial charge >= 0.3 is 0 Å². The van der Waals surface area contributed by atoms with E-state index < -0.39 is 0 Å². The molecule has 9 nitrogen and oxygen atoms in total. The SMILES string of the molecule is COc1cc(C(=O)N2CC3CCC2C3)cc2nc(-c3cc4ccc(-c5ccc6[nH]c(=O)cnc6c5)cc4n3CC3CC3)n(C)c12. The number of aromatic nitrogens is 5. The number of carbonyl (C=O) groups is 1. The van der Waals surface area contributed by atoms with Gasteiger partial charge in [0.2, 0.25) is 0 Å². The maximum atomic E-state index is 13.7. The van der Waals surface area contributed by atoms with Crippen molar-refractivity contribution < 1.29 is 9.53 Å². The first-order chi connectivity index (χ1) is 21.9. The van der Waals surface area contributed by atoms with Gasteiger partial charge in [-0.2, -0.15) is 0 Å². The summed E-state index contributed by atoms with van der Waals surface area (Å²) in [5.74, 6) is 2.89. The Morgan fingerprint density at radius 2 is 1.84 bits per heavy atom. The largest absolute Gasteiger partial charge is 0.494 e. The lowest BCUT2D eigenvalue weighted by Crippen LogP contribution is -2.37. The second kappa shape index (κ2) is 9.79. The van der Waals surface area contributed by atoms with Crippen LogP contribution < -0.4 is 10.3 Å². The summed E-state index contributed by atoms with van der Waals surface area (Å²) in [7, 11) is 3.70. The summed E-state index contributed by atoms with van der Waals surface area (Å²) in [4.78, 5) is 39.8. The second-order valence-electron chi connectivity index (χ2n) is 13.2. The van der Waals surface area contributed by atoms with Crippen LogP contribution in [-0.4, -0.2) is 54.6 Å². The molecule has 2 unspecified atom stereocenters. The number of piperidine rings is 1. The third kappa shape index (κ3) is 4.28. The number of imidazole rings is 1. The molecule has 1 N–H and O–H groups in total. The Bertz CT molecular complexity index is 2240. The number of hydrogen-bond donors (Lipinski definition) is 1. The van der Waals surface area contributed by atoms with Crippen molar-refractivity contribution in [2.45, 2.75) is 44.7 Å². The Labute approximate surface area is 259 Å². The number of likely N-dealkylation sites (tertiary alicyclic amines) is 1. The van der Waals surface area contributed by atoms with Gasteiger partial charge in [-0.15, -0.1) is 0 Å². The van der Waals surface area contributed by atoms with Gasteiger partial charge in [0.25, 0.3) is 11.5 Å². The Balaban J connectivity index is 1.16. The average molecular weight is 599 g/mol. The van der Waals surface area contributed by atoms with Gasteiger partial charge in [-0.1, -0.05) is 18.2 Å². The first kappa shape index (κ1) is 26.5. The van der Waals surface area contributed by atoms with Gasteiger partial charge in [0, 0.05) is 42.6 Å². The third-order valence-corrected chi connectivity index (χ3v) is 10.3. The minimum atomic E-state index is -0.206. The van der Waals surface area contributed by atoms with Crippen LogP contribution in [0, 0.1) is 11.8 Å². The number of aryl methyl sites for hydroxylation is 1. The van der Waals surface area contributed by atoms with Crippen LogP contribution in [0.4, 0.5) is 0 Å². The van der Waals surface area contributed by atoms with Crippen LogP contribution in [0.15, 0.2) is 65.6 Å². The molecule has 3 fully saturated rings. The van der Waals surface area contributed by atoms with E-state index in [0.717, 1.165) is 81.5 Å².